The van der Waals surface area contributed by atoms with E-state index in [1.807, 2.05) is 6.08 Å². The summed E-state index contributed by atoms with van der Waals surface area (Å²) in [5.41, 5.74) is 3.36. The summed E-state index contributed by atoms with van der Waals surface area (Å²) < 4.78 is 0. The molecule has 4 aliphatic carbocycles. The molecule has 5 N–H and O–H groups in total. The molecule has 0 bridgehead atoms. The molecule has 0 unspecified atom stereocenters. The molecule has 214 valence electrons. The number of amides is 1. The number of aromatic hydroxyl groups is 1. The molecule has 1 aromatic rings. The first-order valence-corrected chi connectivity index (χ1v) is 13.4. The number of nitrogens with zero attached hydrogens (tertiary/aromatic N) is 3. The number of fused-ring (bicyclic) bond motifs is 3. The van der Waals surface area contributed by atoms with E-state index in [9.17, 15) is 34.6 Å². The molecule has 0 spiro atoms. The summed E-state index contributed by atoms with van der Waals surface area (Å²) in [6.45, 7) is 0. The Morgan fingerprint density at radius 2 is 1.88 bits per heavy atom. The molecule has 11 nitrogen and oxygen atoms in total. The zero-order valence-electron chi connectivity index (χ0n) is 23.3. The molecule has 0 saturated heterocycles. The number of nitrogens with two attached hydrogens (primary N) is 1. The van der Waals surface area contributed by atoms with Gasteiger partial charge in [0.15, 0.2) is 17.2 Å². The maximum atomic E-state index is 14.2. The first-order chi connectivity index (χ1) is 19.3. The summed E-state index contributed by atoms with van der Waals surface area (Å²) in [7, 11) is 6.72. The van der Waals surface area contributed by atoms with Crippen molar-refractivity contribution in [3.63, 3.8) is 0 Å². The van der Waals surface area contributed by atoms with Crippen molar-refractivity contribution >= 4 is 23.2 Å². The van der Waals surface area contributed by atoms with Crippen LogP contribution in [0.25, 0.3) is 0 Å². The van der Waals surface area contributed by atoms with Crippen molar-refractivity contribution in [3.8, 4) is 17.6 Å². The molecule has 1 aromatic carbocycles. The summed E-state index contributed by atoms with van der Waals surface area (Å²) >= 11 is 0. The van der Waals surface area contributed by atoms with Gasteiger partial charge < -0.3 is 26.0 Å². The minimum Gasteiger partial charge on any atom is -0.508 e. The van der Waals surface area contributed by atoms with Crippen molar-refractivity contribution in [2.45, 2.75) is 43.7 Å². The van der Waals surface area contributed by atoms with Gasteiger partial charge in [-0.05, 0) is 74.5 Å². The van der Waals surface area contributed by atoms with Gasteiger partial charge in [-0.3, -0.25) is 19.3 Å². The van der Waals surface area contributed by atoms with Crippen molar-refractivity contribution in [3.05, 3.63) is 61.9 Å². The van der Waals surface area contributed by atoms with Crippen LogP contribution in [0, 0.1) is 28.6 Å². The number of carbonyl (C=O) groups is 3. The van der Waals surface area contributed by atoms with Crippen LogP contribution < -0.4 is 10.6 Å². The summed E-state index contributed by atoms with van der Waals surface area (Å²) in [4.78, 5) is 55.4. The van der Waals surface area contributed by atoms with Crippen molar-refractivity contribution < 1.29 is 29.7 Å². The van der Waals surface area contributed by atoms with Crippen LogP contribution in [0.1, 0.15) is 47.2 Å². The molecule has 0 radical (unpaired) electrons. The normalized spacial score (nSPS) is 27.1. The van der Waals surface area contributed by atoms with Crippen LogP contribution in [0.5, 0.6) is 5.75 Å². The maximum Gasteiger partial charge on any atom is 0.255 e. The fourth-order valence-corrected chi connectivity index (χ4v) is 6.84. The summed E-state index contributed by atoms with van der Waals surface area (Å²) in [6.07, 6.45) is 4.99. The van der Waals surface area contributed by atoms with Gasteiger partial charge in [-0.25, -0.2) is 0 Å². The molecular formula is C30H32N4O7. The Kier molecular flexibility index (Phi) is 6.88. The number of Topliss-reactive ketones (excluding diaryl/α,β-unsaturated/α-hetero) is 2. The van der Waals surface area contributed by atoms with Crippen LogP contribution in [-0.4, -0.2) is 77.5 Å². The third-order valence-electron chi connectivity index (χ3n) is 8.67. The van der Waals surface area contributed by atoms with E-state index < -0.39 is 58.0 Å². The average molecular weight is 561 g/mol. The number of aliphatic hydroxyl groups is 2. The first-order valence-electron chi connectivity index (χ1n) is 13.4. The van der Waals surface area contributed by atoms with Crippen LogP contribution in [0.2, 0.25) is 0 Å². The number of allylic oxidation sites excluding steroid dienone is 3. The second-order valence-electron chi connectivity index (χ2n) is 11.5. The molecule has 5 rings (SSSR count). The van der Waals surface area contributed by atoms with E-state index in [1.54, 1.807) is 39.2 Å². The highest BCUT2D eigenvalue weighted by molar-refractivity contribution is 6.22. The third-order valence-corrected chi connectivity index (χ3v) is 8.67. The Morgan fingerprint density at radius 1 is 1.17 bits per heavy atom. The molecular weight excluding hydrogens is 528 g/mol. The topological polar surface area (TPSA) is 174 Å². The Morgan fingerprint density at radius 3 is 2.44 bits per heavy atom. The number of phenols is 1. The fourth-order valence-electron chi connectivity index (χ4n) is 6.84. The molecule has 4 atom stereocenters. The number of primary amides is 1. The number of phenolic OH excluding ortho intramolecular Hbond substituents is 1. The molecule has 0 heterocycles. The van der Waals surface area contributed by atoms with Gasteiger partial charge in [0.05, 0.1) is 17.2 Å². The van der Waals surface area contributed by atoms with Gasteiger partial charge in [-0.2, -0.15) is 0 Å². The molecule has 11 heteroatoms. The van der Waals surface area contributed by atoms with E-state index in [4.69, 9.17) is 5.73 Å². The maximum absolute atomic E-state index is 14.2. The van der Waals surface area contributed by atoms with E-state index in [0.29, 0.717) is 11.3 Å². The highest BCUT2D eigenvalue weighted by Crippen LogP contribution is 2.55. The van der Waals surface area contributed by atoms with Gasteiger partial charge in [0.2, 0.25) is 0 Å². The zero-order valence-corrected chi connectivity index (χ0v) is 23.3. The van der Waals surface area contributed by atoms with Gasteiger partial charge in [0.1, 0.15) is 22.8 Å². The van der Waals surface area contributed by atoms with E-state index in [1.165, 1.54) is 4.90 Å². The molecule has 4 aliphatic rings. The van der Waals surface area contributed by atoms with E-state index in [2.05, 4.69) is 17.0 Å². The van der Waals surface area contributed by atoms with Crippen molar-refractivity contribution in [1.82, 2.24) is 4.90 Å². The average Bonchev–Trinajstić information content (AvgIpc) is 3.41. The molecule has 1 amide bonds. The number of rotatable bonds is 4. The number of likely N-dealkylation sites (N-methyl/N-ethyl adjacent to an activating group) is 1. The monoisotopic (exact) mass is 560 g/mol. The molecule has 0 saturated carbocycles. The number of carbonyl (C=O) groups excluding carboxylic acids is 3. The van der Waals surface area contributed by atoms with Crippen molar-refractivity contribution in [2.24, 2.45) is 22.7 Å². The van der Waals surface area contributed by atoms with Gasteiger partial charge in [-0.1, -0.05) is 17.9 Å². The Hall–Kier alpha value is -4.27. The van der Waals surface area contributed by atoms with Gasteiger partial charge in [0, 0.05) is 31.3 Å². The lowest BCUT2D eigenvalue weighted by molar-refractivity contribution is -0.134. The number of ketones is 2. The highest BCUT2D eigenvalue weighted by atomic mass is 16.3. The van der Waals surface area contributed by atoms with Crippen LogP contribution in [0.3, 0.4) is 0 Å². The quantitative estimate of drug-likeness (QED) is 0.243. The molecule has 0 fully saturated rings. The molecule has 0 aliphatic heterocycles. The number of hydrogen-bond acceptors (Lipinski definition) is 10. The van der Waals surface area contributed by atoms with E-state index in [-0.39, 0.29) is 35.3 Å². The number of anilines is 1. The SMILES string of the molecule is CN(C)c1cc(C#CC2=CCCC2)c(O)c2c1C[C@H]1C[C@H]3[C@H](N(C)C)C(=O)C(C(N)=O)=C(O)[C@@]3(O)C(N=O)=C1C2=O. The lowest BCUT2D eigenvalue weighted by Gasteiger charge is -2.50. The van der Waals surface area contributed by atoms with E-state index in [0.717, 1.165) is 24.8 Å². The van der Waals surface area contributed by atoms with Crippen molar-refractivity contribution in [1.29, 1.82) is 0 Å². The largest absolute Gasteiger partial charge is 0.508 e. The van der Waals surface area contributed by atoms with Crippen LogP contribution in [0.4, 0.5) is 5.69 Å². The minimum absolute atomic E-state index is 0.00403. The zero-order chi connectivity index (χ0) is 30.0. The standard InChI is InChI=1S/C30H32N4O7/c1-33(2)19-13-15(10-9-14-7-5-6-8-14)24(35)21-17(19)11-16-12-18-23(34(3)4)26(37)22(29(31)39)28(38)30(18,40)27(32-41)20(16)25(21)36/h7,13,16,18,23,35,38,40H,5-6,8,11-12H2,1-4H3,(H2,31,39)/t16-,18-,23-,30-/m0/s1. The second-order valence-corrected chi connectivity index (χ2v) is 11.5. The Labute approximate surface area is 237 Å². The number of hydrogen-bond donors (Lipinski definition) is 4. The fraction of sp³-hybridized carbons (Fsp3) is 0.433. The highest BCUT2D eigenvalue weighted by Gasteiger charge is 2.62. The van der Waals surface area contributed by atoms with Crippen LogP contribution >= 0.6 is 0 Å². The summed E-state index contributed by atoms with van der Waals surface area (Å²) in [5.74, 6) is -0.0133. The lowest BCUT2D eigenvalue weighted by atomic mass is 9.58. The Balaban J connectivity index is 1.77. The number of benzene rings is 1. The third kappa shape index (κ3) is 4.09. The molecule has 41 heavy (non-hydrogen) atoms. The van der Waals surface area contributed by atoms with Crippen LogP contribution in [0.15, 0.2) is 45.5 Å². The molecule has 0 aromatic heterocycles. The predicted octanol–water partition coefficient (Wildman–Crippen LogP) is 1.86. The lowest BCUT2D eigenvalue weighted by Crippen LogP contribution is -2.62. The van der Waals surface area contributed by atoms with Gasteiger partial charge >= 0.3 is 0 Å². The van der Waals surface area contributed by atoms with Gasteiger partial charge in [0.25, 0.3) is 5.91 Å². The predicted molar refractivity (Wildman–Crippen MR) is 150 cm³/mol. The van der Waals surface area contributed by atoms with Crippen LogP contribution in [-0.2, 0) is 16.0 Å². The van der Waals surface area contributed by atoms with Gasteiger partial charge in [-0.15, -0.1) is 4.91 Å². The summed E-state index contributed by atoms with van der Waals surface area (Å²) in [5, 5.41) is 37.4. The minimum atomic E-state index is -2.62. The smallest absolute Gasteiger partial charge is 0.255 e. The van der Waals surface area contributed by atoms with Crippen molar-refractivity contribution in [2.75, 3.05) is 33.1 Å². The van der Waals surface area contributed by atoms with E-state index >= 15 is 0 Å². The Bertz CT molecular complexity index is 1570. The second kappa shape index (κ2) is 9.98. The number of aliphatic hydroxyl groups excluding tert-OH is 1. The number of nitroso groups, excluding NO2 is 1. The first kappa shape index (κ1) is 28.3. The summed E-state index contributed by atoms with van der Waals surface area (Å²) in [6, 6.07) is 0.578.